The van der Waals surface area contributed by atoms with Crippen molar-refractivity contribution in [3.05, 3.63) is 72.1 Å². The van der Waals surface area contributed by atoms with Gasteiger partial charge in [0.2, 0.25) is 11.8 Å². The van der Waals surface area contributed by atoms with E-state index in [1.807, 2.05) is 30.3 Å². The zero-order valence-corrected chi connectivity index (χ0v) is 26.5. The molecule has 0 saturated carbocycles. The van der Waals surface area contributed by atoms with Crippen LogP contribution >= 0.6 is 11.8 Å². The smallest absolute Gasteiger partial charge is 0.345 e. The molecule has 3 amide bonds. The number of nitrogens with one attached hydrogen (secondary N) is 2. The second-order valence-electron chi connectivity index (χ2n) is 11.7. The number of fused-ring (bicyclic) bond motifs is 3. The number of aromatic nitrogens is 3. The Hall–Kier alpha value is -4.60. The molecule has 48 heavy (non-hydrogen) atoms. The molecule has 0 aliphatic carbocycles. The number of pyridine rings is 1. The summed E-state index contributed by atoms with van der Waals surface area (Å²) in [6.07, 6.45) is 4.78. The van der Waals surface area contributed by atoms with Gasteiger partial charge in [-0.3, -0.25) is 19.4 Å². The van der Waals surface area contributed by atoms with Crippen molar-refractivity contribution in [2.75, 3.05) is 19.7 Å². The standard InChI is InChI=1S/C33H32F2N6O6S/c34-33(35)46-21-13-24(32(44)37-15-19-11-23-22(36-14-19)16-39-41(23)30-7-3-4-10-45-30)40(18-21)29(42)17-38-31(43)20-8-9-28-26(12-20)47-25-5-1-2-6-27(25)48-28/h1-2,5-6,8-9,11-12,14,16,21,24,30,33H,3-4,7,10,13,15,17-18H2,(H,37,44)(H,38,43)/t21-,24+,30?/m1/s1. The molecule has 2 N–H and O–H groups in total. The normalized spacial score (nSPS) is 20.2. The number of carbonyl (C=O) groups excluding carboxylic acids is 3. The lowest BCUT2D eigenvalue weighted by atomic mass is 10.1. The highest BCUT2D eigenvalue weighted by Gasteiger charge is 2.41. The molecule has 3 atom stereocenters. The lowest BCUT2D eigenvalue weighted by Gasteiger charge is -2.24. The third-order valence-corrected chi connectivity index (χ3v) is 9.59. The van der Waals surface area contributed by atoms with Gasteiger partial charge in [-0.1, -0.05) is 23.9 Å². The number of carbonyl (C=O) groups is 3. The number of ether oxygens (including phenoxy) is 3. The van der Waals surface area contributed by atoms with Gasteiger partial charge in [-0.15, -0.1) is 0 Å². The number of benzene rings is 2. The fourth-order valence-corrected chi connectivity index (χ4v) is 7.04. The monoisotopic (exact) mass is 678 g/mol. The molecule has 2 aromatic carbocycles. The summed E-state index contributed by atoms with van der Waals surface area (Å²) in [4.78, 5) is 47.1. The van der Waals surface area contributed by atoms with Gasteiger partial charge in [0.25, 0.3) is 5.91 Å². The molecule has 0 radical (unpaired) electrons. The van der Waals surface area contributed by atoms with Crippen molar-refractivity contribution in [3.8, 4) is 11.5 Å². The van der Waals surface area contributed by atoms with E-state index < -0.39 is 43.0 Å². The van der Waals surface area contributed by atoms with Crippen LogP contribution in [0.1, 0.15) is 47.8 Å². The predicted octanol–water partition coefficient (Wildman–Crippen LogP) is 4.64. The molecule has 4 aromatic rings. The first-order chi connectivity index (χ1) is 23.3. The van der Waals surface area contributed by atoms with Gasteiger partial charge in [0, 0.05) is 37.9 Å². The van der Waals surface area contributed by atoms with Gasteiger partial charge >= 0.3 is 6.61 Å². The Kier molecular flexibility index (Phi) is 9.23. The Morgan fingerprint density at radius 2 is 1.90 bits per heavy atom. The minimum absolute atomic E-state index is 0.0806. The average molecular weight is 679 g/mol. The first-order valence-electron chi connectivity index (χ1n) is 15.6. The second kappa shape index (κ2) is 13.9. The number of hydrogen-bond donors (Lipinski definition) is 2. The van der Waals surface area contributed by atoms with E-state index >= 15 is 0 Å². The number of amides is 3. The van der Waals surface area contributed by atoms with Gasteiger partial charge in [-0.05, 0) is 61.2 Å². The minimum atomic E-state index is -3.07. The molecule has 250 valence electrons. The van der Waals surface area contributed by atoms with Gasteiger partial charge in [0.15, 0.2) is 6.23 Å². The highest BCUT2D eigenvalue weighted by atomic mass is 32.2. The van der Waals surface area contributed by atoms with Crippen LogP contribution in [0.25, 0.3) is 11.0 Å². The van der Waals surface area contributed by atoms with E-state index in [-0.39, 0.29) is 31.3 Å². The van der Waals surface area contributed by atoms with E-state index in [0.717, 1.165) is 34.6 Å². The van der Waals surface area contributed by atoms with Gasteiger partial charge in [-0.25, -0.2) is 4.68 Å². The quantitative estimate of drug-likeness (QED) is 0.229. The Bertz CT molecular complexity index is 1850. The topological polar surface area (TPSA) is 137 Å². The van der Waals surface area contributed by atoms with Crippen LogP contribution in [0, 0.1) is 0 Å². The first-order valence-corrected chi connectivity index (χ1v) is 16.5. The van der Waals surface area contributed by atoms with Crippen LogP contribution in [0.2, 0.25) is 0 Å². The van der Waals surface area contributed by atoms with Crippen LogP contribution in [-0.4, -0.2) is 75.8 Å². The van der Waals surface area contributed by atoms with Crippen molar-refractivity contribution in [2.24, 2.45) is 0 Å². The number of para-hydroxylation sites is 1. The number of likely N-dealkylation sites (tertiary alicyclic amines) is 1. The fraction of sp³-hybridized carbons (Fsp3) is 0.364. The summed E-state index contributed by atoms with van der Waals surface area (Å²) in [5, 5.41) is 9.82. The molecule has 5 heterocycles. The van der Waals surface area contributed by atoms with Crippen molar-refractivity contribution >= 4 is 40.5 Å². The number of alkyl halides is 2. The summed E-state index contributed by atoms with van der Waals surface area (Å²) in [6.45, 7) is -3.01. The summed E-state index contributed by atoms with van der Waals surface area (Å²) in [5.41, 5.74) is 2.42. The summed E-state index contributed by atoms with van der Waals surface area (Å²) in [6, 6.07) is 13.3. The largest absolute Gasteiger partial charge is 0.455 e. The molecule has 3 aliphatic heterocycles. The number of halogens is 2. The van der Waals surface area contributed by atoms with Crippen molar-refractivity contribution in [3.63, 3.8) is 0 Å². The van der Waals surface area contributed by atoms with Crippen LogP contribution in [0.5, 0.6) is 11.5 Å². The van der Waals surface area contributed by atoms with Crippen LogP contribution < -0.4 is 15.4 Å². The molecule has 7 rings (SSSR count). The van der Waals surface area contributed by atoms with Gasteiger partial charge in [0.05, 0.1) is 34.2 Å². The van der Waals surface area contributed by atoms with Crippen molar-refractivity contribution in [1.29, 1.82) is 0 Å². The second-order valence-corrected chi connectivity index (χ2v) is 12.8. The third-order valence-electron chi connectivity index (χ3n) is 8.48. The van der Waals surface area contributed by atoms with Crippen molar-refractivity contribution < 1.29 is 37.4 Å². The minimum Gasteiger partial charge on any atom is -0.455 e. The number of hydrogen-bond acceptors (Lipinski definition) is 9. The van der Waals surface area contributed by atoms with Gasteiger partial charge < -0.3 is 29.7 Å². The Labute approximate surface area is 278 Å². The van der Waals surface area contributed by atoms with E-state index in [2.05, 4.69) is 25.5 Å². The lowest BCUT2D eigenvalue weighted by Crippen LogP contribution is -2.48. The van der Waals surface area contributed by atoms with E-state index in [4.69, 9.17) is 9.47 Å². The Morgan fingerprint density at radius 3 is 2.73 bits per heavy atom. The van der Waals surface area contributed by atoms with Crippen molar-refractivity contribution in [2.45, 2.75) is 67.0 Å². The number of rotatable bonds is 9. The molecule has 15 heteroatoms. The summed E-state index contributed by atoms with van der Waals surface area (Å²) < 4.78 is 44.5. The van der Waals surface area contributed by atoms with Gasteiger partial charge in [-0.2, -0.15) is 13.9 Å². The highest BCUT2D eigenvalue weighted by Crippen LogP contribution is 2.47. The van der Waals surface area contributed by atoms with Crippen LogP contribution in [-0.2, 0) is 25.6 Å². The zero-order valence-electron chi connectivity index (χ0n) is 25.6. The first kappa shape index (κ1) is 32.0. The molecule has 0 bridgehead atoms. The van der Waals surface area contributed by atoms with Crippen LogP contribution in [0.15, 0.2) is 70.7 Å². The highest BCUT2D eigenvalue weighted by molar-refractivity contribution is 7.99. The maximum atomic E-state index is 13.4. The molecular weight excluding hydrogens is 646 g/mol. The lowest BCUT2D eigenvalue weighted by molar-refractivity contribution is -0.160. The molecule has 2 aromatic heterocycles. The maximum Gasteiger partial charge on any atom is 0.345 e. The maximum absolute atomic E-state index is 13.4. The van der Waals surface area contributed by atoms with E-state index in [1.165, 1.54) is 16.7 Å². The molecule has 12 nitrogen and oxygen atoms in total. The van der Waals surface area contributed by atoms with Crippen LogP contribution in [0.4, 0.5) is 8.78 Å². The SMILES string of the molecule is O=C(NCC(=O)N1C[C@H](OC(F)F)C[C@H]1C(=O)NCc1cnc2cnn(C3CCCCO3)c2c1)c1ccc2c(c1)Oc1ccccc1S2. The van der Waals surface area contributed by atoms with E-state index in [9.17, 15) is 23.2 Å². The molecule has 2 saturated heterocycles. The van der Waals surface area contributed by atoms with Crippen LogP contribution in [0.3, 0.4) is 0 Å². The van der Waals surface area contributed by atoms with Gasteiger partial charge in [0.1, 0.15) is 23.1 Å². The molecule has 1 unspecified atom stereocenters. The molecule has 0 spiro atoms. The summed E-state index contributed by atoms with van der Waals surface area (Å²) in [7, 11) is 0. The van der Waals surface area contributed by atoms with E-state index in [1.54, 1.807) is 35.3 Å². The summed E-state index contributed by atoms with van der Waals surface area (Å²) in [5.74, 6) is -0.480. The zero-order chi connectivity index (χ0) is 33.2. The fourth-order valence-electron chi connectivity index (χ4n) is 6.11. The van der Waals surface area contributed by atoms with Crippen molar-refractivity contribution in [1.82, 2.24) is 30.3 Å². The Morgan fingerprint density at radius 1 is 1.04 bits per heavy atom. The molecular formula is C33H32F2N6O6S. The average Bonchev–Trinajstić information content (AvgIpc) is 3.72. The molecule has 3 aliphatic rings. The molecule has 2 fully saturated rings. The summed E-state index contributed by atoms with van der Waals surface area (Å²) >= 11 is 1.52. The van der Waals surface area contributed by atoms with E-state index in [0.29, 0.717) is 29.2 Å². The predicted molar refractivity (Wildman–Crippen MR) is 169 cm³/mol. The Balaban J connectivity index is 0.989. The number of nitrogens with zero attached hydrogens (tertiary/aromatic N) is 4. The third kappa shape index (κ3) is 6.84.